The molecule has 0 spiro atoms. The van der Waals surface area contributed by atoms with Gasteiger partial charge in [-0.1, -0.05) is 13.8 Å². The number of hydrogen-bond donors (Lipinski definition) is 4. The minimum Gasteiger partial charge on any atom is -0.508 e. The minimum absolute atomic E-state index is 0.0161. The van der Waals surface area contributed by atoms with Crippen LogP contribution in [0.1, 0.15) is 44.6 Å². The van der Waals surface area contributed by atoms with Crippen molar-refractivity contribution in [3.8, 4) is 28.6 Å². The van der Waals surface area contributed by atoms with Gasteiger partial charge in [0, 0.05) is 42.8 Å². The van der Waals surface area contributed by atoms with Crippen LogP contribution in [-0.4, -0.2) is 63.0 Å². The van der Waals surface area contributed by atoms with E-state index in [1.807, 2.05) is 49.3 Å². The van der Waals surface area contributed by atoms with Crippen LogP contribution in [-0.2, 0) is 17.9 Å². The molecule has 14 heteroatoms. The maximum atomic E-state index is 13.6. The van der Waals surface area contributed by atoms with Crippen molar-refractivity contribution >= 4 is 16.8 Å². The van der Waals surface area contributed by atoms with E-state index in [0.29, 0.717) is 35.8 Å². The van der Waals surface area contributed by atoms with Gasteiger partial charge in [0.2, 0.25) is 11.7 Å². The standard InChI is InChI=1S/C32H34FN7O6/c1-18(2)22-14-23(27(42)15-26(22)41)29-35-36-32(46)40(29)21-3-4-25-20(13-21)8-12-37(25)9-5-19-6-10-38(11-7-19)28(43)17-39-16-24(33)30(44)34-31(39)45/h3-4,8,12-16,18-19,41-42H,5-7,9-11,17H2,1-2H3,(H,36,46)(H,34,44,45). The number of hydrogen-bond acceptors (Lipinski definition) is 7. The van der Waals surface area contributed by atoms with E-state index in [1.54, 1.807) is 11.0 Å². The Kier molecular flexibility index (Phi) is 8.11. The minimum atomic E-state index is -1.12. The summed E-state index contributed by atoms with van der Waals surface area (Å²) < 4.78 is 18.0. The fourth-order valence-electron chi connectivity index (χ4n) is 6.11. The van der Waals surface area contributed by atoms with Crippen LogP contribution in [0.2, 0.25) is 0 Å². The molecule has 1 saturated heterocycles. The zero-order valence-corrected chi connectivity index (χ0v) is 25.4. The largest absolute Gasteiger partial charge is 0.508 e. The van der Waals surface area contributed by atoms with Gasteiger partial charge in [-0.25, -0.2) is 19.3 Å². The second-order valence-corrected chi connectivity index (χ2v) is 12.0. The Balaban J connectivity index is 1.12. The Bertz CT molecular complexity index is 2110. The number of rotatable bonds is 8. The smallest absolute Gasteiger partial charge is 0.348 e. The van der Waals surface area contributed by atoms with Gasteiger partial charge in [-0.15, -0.1) is 0 Å². The summed E-state index contributed by atoms with van der Waals surface area (Å²) >= 11 is 0. The van der Waals surface area contributed by atoms with Crippen LogP contribution in [0.4, 0.5) is 4.39 Å². The van der Waals surface area contributed by atoms with Gasteiger partial charge in [0.25, 0.3) is 5.56 Å². The molecule has 3 aromatic heterocycles. The van der Waals surface area contributed by atoms with Crippen molar-refractivity contribution in [1.82, 2.24) is 33.8 Å². The highest BCUT2D eigenvalue weighted by atomic mass is 19.1. The van der Waals surface area contributed by atoms with Crippen LogP contribution in [0, 0.1) is 11.7 Å². The first-order valence-electron chi connectivity index (χ1n) is 15.1. The van der Waals surface area contributed by atoms with Crippen molar-refractivity contribution in [2.24, 2.45) is 5.92 Å². The number of piperidine rings is 1. The third-order valence-electron chi connectivity index (χ3n) is 8.71. The van der Waals surface area contributed by atoms with E-state index in [0.717, 1.165) is 47.5 Å². The highest BCUT2D eigenvalue weighted by Crippen LogP contribution is 2.37. The summed E-state index contributed by atoms with van der Waals surface area (Å²) in [6.45, 7) is 5.31. The topological polar surface area (TPSA) is 171 Å². The first-order chi connectivity index (χ1) is 22.0. The number of aromatic amines is 2. The fourth-order valence-corrected chi connectivity index (χ4v) is 6.11. The number of halogens is 1. The number of phenols is 2. The molecule has 2 aromatic carbocycles. The quantitative estimate of drug-likeness (QED) is 0.204. The molecule has 0 saturated carbocycles. The Morgan fingerprint density at radius 3 is 2.52 bits per heavy atom. The maximum absolute atomic E-state index is 13.6. The second kappa shape index (κ2) is 12.2. The molecule has 13 nitrogen and oxygen atoms in total. The molecular formula is C32H34FN7O6. The summed E-state index contributed by atoms with van der Waals surface area (Å²) in [7, 11) is 0. The van der Waals surface area contributed by atoms with Crippen molar-refractivity contribution in [2.45, 2.75) is 52.1 Å². The zero-order chi connectivity index (χ0) is 32.7. The average Bonchev–Trinajstić information content (AvgIpc) is 3.61. The normalized spacial score (nSPS) is 14.0. The summed E-state index contributed by atoms with van der Waals surface area (Å²) in [5.41, 5.74) is 0.109. The number of aromatic hydroxyl groups is 2. The van der Waals surface area contributed by atoms with Gasteiger partial charge in [-0.05, 0) is 67.0 Å². The third-order valence-corrected chi connectivity index (χ3v) is 8.71. The molecular weight excluding hydrogens is 597 g/mol. The molecule has 1 amide bonds. The number of benzene rings is 2. The van der Waals surface area contributed by atoms with Gasteiger partial charge in [0.1, 0.15) is 18.0 Å². The lowest BCUT2D eigenvalue weighted by Crippen LogP contribution is -2.42. The molecule has 4 N–H and O–H groups in total. The highest BCUT2D eigenvalue weighted by molar-refractivity contribution is 5.83. The van der Waals surface area contributed by atoms with E-state index in [4.69, 9.17) is 0 Å². The first-order valence-corrected chi connectivity index (χ1v) is 15.1. The Morgan fingerprint density at radius 2 is 1.78 bits per heavy atom. The van der Waals surface area contributed by atoms with Gasteiger partial charge in [-0.2, -0.15) is 9.49 Å². The van der Waals surface area contributed by atoms with Crippen molar-refractivity contribution in [3.05, 3.63) is 91.5 Å². The average molecular weight is 632 g/mol. The SMILES string of the molecule is CC(C)c1cc(-c2n[nH]c(=O)n2-c2ccc3c(ccn3CCC3CCN(C(=O)Cn4cc(F)c(=O)[nH]c4=O)CC3)c2)c(O)cc1O. The number of aryl methyl sites for hydroxylation is 1. The fraction of sp³-hybridized carbons (Fsp3) is 0.344. The molecule has 0 atom stereocenters. The predicted molar refractivity (Wildman–Crippen MR) is 168 cm³/mol. The molecule has 1 aliphatic heterocycles. The molecule has 0 unspecified atom stereocenters. The molecule has 1 fully saturated rings. The van der Waals surface area contributed by atoms with E-state index in [9.17, 15) is 33.8 Å². The van der Waals surface area contributed by atoms with Crippen molar-refractivity contribution in [2.75, 3.05) is 13.1 Å². The summed E-state index contributed by atoms with van der Waals surface area (Å²) in [4.78, 5) is 52.3. The molecule has 5 aromatic rings. The predicted octanol–water partition coefficient (Wildman–Crippen LogP) is 3.03. The lowest BCUT2D eigenvalue weighted by Gasteiger charge is -2.32. The van der Waals surface area contributed by atoms with E-state index in [-0.39, 0.29) is 35.7 Å². The molecule has 0 bridgehead atoms. The van der Waals surface area contributed by atoms with Gasteiger partial charge in [0.05, 0.1) is 17.4 Å². The molecule has 240 valence electrons. The number of fused-ring (bicyclic) bond motifs is 1. The monoisotopic (exact) mass is 631 g/mol. The molecule has 1 aliphatic rings. The molecule has 4 heterocycles. The number of phenolic OH excluding ortho intramolecular Hbond substituents is 2. The van der Waals surface area contributed by atoms with Crippen LogP contribution >= 0.6 is 0 Å². The second-order valence-electron chi connectivity index (χ2n) is 12.0. The summed E-state index contributed by atoms with van der Waals surface area (Å²) in [6.07, 6.45) is 5.22. The lowest BCUT2D eigenvalue weighted by molar-refractivity contribution is -0.133. The zero-order valence-electron chi connectivity index (χ0n) is 25.4. The van der Waals surface area contributed by atoms with Gasteiger partial charge in [0.15, 0.2) is 5.82 Å². The van der Waals surface area contributed by atoms with Crippen LogP contribution in [0.15, 0.2) is 63.2 Å². The number of aromatic nitrogens is 6. The number of amides is 1. The maximum Gasteiger partial charge on any atom is 0.348 e. The lowest BCUT2D eigenvalue weighted by atomic mass is 9.93. The molecule has 0 radical (unpaired) electrons. The number of carbonyl (C=O) groups excluding carboxylic acids is 1. The molecule has 0 aliphatic carbocycles. The summed E-state index contributed by atoms with van der Waals surface area (Å²) in [5, 5.41) is 28.5. The molecule has 46 heavy (non-hydrogen) atoms. The Labute approximate surface area is 261 Å². The Morgan fingerprint density at radius 1 is 1.02 bits per heavy atom. The Hall–Kier alpha value is -5.40. The number of carbonyl (C=O) groups is 1. The number of nitrogens with one attached hydrogen (secondary N) is 2. The van der Waals surface area contributed by atoms with Gasteiger partial charge in [-0.3, -0.25) is 19.1 Å². The number of likely N-dealkylation sites (tertiary alicyclic amines) is 1. The first kappa shape index (κ1) is 30.6. The van der Waals surface area contributed by atoms with Crippen LogP contribution in [0.25, 0.3) is 28.0 Å². The highest BCUT2D eigenvalue weighted by Gasteiger charge is 2.24. The van der Waals surface area contributed by atoms with Crippen molar-refractivity contribution in [3.63, 3.8) is 0 Å². The van der Waals surface area contributed by atoms with Crippen LogP contribution < -0.4 is 16.9 Å². The molecule has 6 rings (SSSR count). The van der Waals surface area contributed by atoms with E-state index < -0.39 is 22.8 Å². The van der Waals surface area contributed by atoms with E-state index in [1.165, 1.54) is 10.6 Å². The van der Waals surface area contributed by atoms with Crippen molar-refractivity contribution < 1.29 is 19.4 Å². The van der Waals surface area contributed by atoms with E-state index >= 15 is 0 Å². The van der Waals surface area contributed by atoms with Gasteiger partial charge >= 0.3 is 11.4 Å². The van der Waals surface area contributed by atoms with E-state index in [2.05, 4.69) is 14.8 Å². The summed E-state index contributed by atoms with van der Waals surface area (Å²) in [5.74, 6) is -1.04. The third kappa shape index (κ3) is 5.85. The summed E-state index contributed by atoms with van der Waals surface area (Å²) in [6, 6.07) is 10.5. The van der Waals surface area contributed by atoms with Gasteiger partial charge < -0.3 is 19.7 Å². The van der Waals surface area contributed by atoms with Crippen LogP contribution in [0.3, 0.4) is 0 Å². The number of nitrogens with zero attached hydrogens (tertiary/aromatic N) is 5. The number of H-pyrrole nitrogens is 2. The van der Waals surface area contributed by atoms with Crippen molar-refractivity contribution in [1.29, 1.82) is 0 Å². The van der Waals surface area contributed by atoms with Crippen LogP contribution in [0.5, 0.6) is 11.5 Å².